The van der Waals surface area contributed by atoms with Crippen molar-refractivity contribution in [2.75, 3.05) is 0 Å². The van der Waals surface area contributed by atoms with Crippen LogP contribution in [0.2, 0.25) is 0 Å². The number of hydrogen-bond donors (Lipinski definition) is 0. The van der Waals surface area contributed by atoms with Gasteiger partial charge in [-0.1, -0.05) is 0 Å². The minimum absolute atomic E-state index is 0. The fourth-order valence-corrected chi connectivity index (χ4v) is 0. The van der Waals surface area contributed by atoms with Gasteiger partial charge in [0, 0.05) is 0 Å². The third-order valence-corrected chi connectivity index (χ3v) is 0. The molecule has 0 aliphatic carbocycles. The Hall–Kier alpha value is 2.76. The molecule has 0 radical (unpaired) electrons. The molecule has 0 saturated carbocycles. The van der Waals surface area contributed by atoms with Crippen LogP contribution in [0.5, 0.6) is 0 Å². The molecule has 0 N–H and O–H groups in total. The summed E-state index contributed by atoms with van der Waals surface area (Å²) < 4.78 is 242. The molecule has 0 fully saturated rings. The van der Waals surface area contributed by atoms with Crippen molar-refractivity contribution in [2.24, 2.45) is 0 Å². The van der Waals surface area contributed by atoms with Crippen molar-refractivity contribution in [3.8, 4) is 0 Å². The van der Waals surface area contributed by atoms with Gasteiger partial charge in [0.1, 0.15) is 0 Å². The average Bonchev–Trinajstić information content (AvgIpc) is 2.06. The maximum atomic E-state index is 8.63. The first-order valence-corrected chi connectivity index (χ1v) is 27.6. The summed E-state index contributed by atoms with van der Waals surface area (Å²) in [6.07, 6.45) is 0. The standard InChI is InChI=1S/7Mo.28O.2Tc/q;;;;;;;;;;;;;;;;;;;;;14*-1;2*+7. The van der Waals surface area contributed by atoms with Crippen molar-refractivity contribution in [1.82, 2.24) is 0 Å². The fraction of sp³-hybridized carbons (Fsp3) is 0. The van der Waals surface area contributed by atoms with Gasteiger partial charge >= 0.3 is 258 Å². The number of hydrogen-bond acceptors (Lipinski definition) is 28. The molecule has 0 aliphatic rings. The quantitative estimate of drug-likeness (QED) is 0.203. The smallest absolute Gasteiger partial charge is 7.00 e. The van der Waals surface area contributed by atoms with Crippen LogP contribution in [0.25, 0.3) is 0 Å². The van der Waals surface area contributed by atoms with Crippen LogP contribution >= 0.6 is 0 Å². The summed E-state index contributed by atoms with van der Waals surface area (Å²) in [4.78, 5) is 0. The molecule has 0 aromatic carbocycles. The van der Waals surface area contributed by atoms with Crippen LogP contribution in [0.15, 0.2) is 0 Å². The fourth-order valence-electron chi connectivity index (χ4n) is 0. The molecule has 0 spiro atoms. The van der Waals surface area contributed by atoms with Crippen LogP contribution in [-0.4, -0.2) is 0 Å². The Morgan fingerprint density at radius 3 is 0.189 bits per heavy atom. The van der Waals surface area contributed by atoms with E-state index in [2.05, 4.69) is 0 Å². The van der Waals surface area contributed by atoms with Gasteiger partial charge < -0.3 is 0 Å². The minimum Gasteiger partial charge on any atom is 7.00 e. The van der Waals surface area contributed by atoms with E-state index in [4.69, 9.17) is 100 Å². The predicted octanol–water partition coefficient (Wildman–Crippen LogP) is -18.3. The summed E-state index contributed by atoms with van der Waals surface area (Å²) >= 11 is -42.1. The van der Waals surface area contributed by atoms with Crippen molar-refractivity contribution >= 4 is 0 Å². The van der Waals surface area contributed by atoms with Gasteiger partial charge in [-0.3, -0.25) is 0 Å². The van der Waals surface area contributed by atoms with E-state index in [0.717, 1.165) is 0 Å². The molecule has 0 aromatic rings. The Balaban J connectivity index is -0.0000000350. The molecule has 0 amide bonds. The summed E-state index contributed by atoms with van der Waals surface area (Å²) in [7, 11) is 0. The van der Waals surface area contributed by atoms with Crippen LogP contribution in [-0.2, 0) is 205 Å². The van der Waals surface area contributed by atoms with Crippen molar-refractivity contribution < 1.29 is 258 Å². The van der Waals surface area contributed by atoms with Gasteiger partial charge in [0.2, 0.25) is 0 Å². The maximum absolute atomic E-state index is 8.63. The second-order valence-corrected chi connectivity index (χ2v) is 16.9. The maximum Gasteiger partial charge on any atom is 7.00 e. The van der Waals surface area contributed by atoms with Crippen molar-refractivity contribution in [2.45, 2.75) is 0 Å². The molecule has 0 atom stereocenters. The van der Waals surface area contributed by atoms with Gasteiger partial charge in [-0.25, -0.2) is 0 Å². The third kappa shape index (κ3) is 6890. The van der Waals surface area contributed by atoms with Crippen LogP contribution < -0.4 is 52.6 Å². The van der Waals surface area contributed by atoms with Crippen molar-refractivity contribution in [1.29, 1.82) is 0 Å². The Kier molecular flexibility index (Phi) is 47.1. The molecule has 28 nitrogen and oxygen atoms in total. The summed E-state index contributed by atoms with van der Waals surface area (Å²) in [6.45, 7) is 0. The van der Waals surface area contributed by atoms with Gasteiger partial charge in [-0.15, -0.1) is 0 Å². The zero-order chi connectivity index (χ0) is 31.5. The van der Waals surface area contributed by atoms with Crippen LogP contribution in [0.3, 0.4) is 0 Å². The molecular weight excluding hydrogens is 1320 g/mol. The Bertz CT molecular complexity index is 914. The monoisotopic (exact) mass is 1330 g/mol. The third-order valence-electron chi connectivity index (χ3n) is 0. The van der Waals surface area contributed by atoms with Crippen LogP contribution in [0, 0.1) is 0 Å². The average molecular weight is 1320 g/mol. The van der Waals surface area contributed by atoms with E-state index in [1.807, 2.05) is 0 Å². The van der Waals surface area contributed by atoms with Gasteiger partial charge in [-0.2, -0.15) is 0 Å². The van der Waals surface area contributed by atoms with E-state index in [0.29, 0.717) is 0 Å². The van der Waals surface area contributed by atoms with Gasteiger partial charge in [-0.05, 0) is 0 Å². The van der Waals surface area contributed by atoms with Gasteiger partial charge in [0.15, 0.2) is 0 Å². The molecule has 0 aromatic heterocycles. The van der Waals surface area contributed by atoms with E-state index in [9.17, 15) is 0 Å². The largest absolute Gasteiger partial charge is 7.00 e. The molecule has 0 aliphatic heterocycles. The van der Waals surface area contributed by atoms with Crippen molar-refractivity contribution in [3.63, 3.8) is 0 Å². The molecule has 37 heavy (non-hydrogen) atoms. The van der Waals surface area contributed by atoms with E-state index >= 15 is 0 Å². The minimum atomic E-state index is -6.02. The van der Waals surface area contributed by atoms with Gasteiger partial charge in [0.05, 0.1) is 0 Å². The first-order chi connectivity index (χ1) is 14.0. The van der Waals surface area contributed by atoms with E-state index < -0.39 is 117 Å². The first-order valence-electron chi connectivity index (χ1n) is 4.67. The first kappa shape index (κ1) is 63.1. The normalized spacial score (nSPS) is 11.0. The number of rotatable bonds is 0. The summed E-state index contributed by atoms with van der Waals surface area (Å²) in [5.74, 6) is 0. The molecule has 0 bridgehead atoms. The summed E-state index contributed by atoms with van der Waals surface area (Å²) in [5.41, 5.74) is 0. The van der Waals surface area contributed by atoms with Gasteiger partial charge in [0.25, 0.3) is 0 Å². The Morgan fingerprint density at radius 1 is 0.189 bits per heavy atom. The van der Waals surface area contributed by atoms with Crippen molar-refractivity contribution in [3.05, 3.63) is 0 Å². The molecular formula is Mo7O28Tc2. The zero-order valence-corrected chi connectivity index (χ0v) is 32.8. The summed E-state index contributed by atoms with van der Waals surface area (Å²) in [5, 5.41) is 0. The SMILES string of the molecule is [O]=[Mo](=[O])([O-])[O-].[O]=[Mo](=[O])([O-])[O-].[O]=[Mo](=[O])([O-])[O-].[O]=[Mo](=[O])([O-])[O-].[O]=[Mo](=[O])([O-])[O-].[O]=[Mo](=[O])([O-])[O-].[O]=[Mo](=[O])([O-])[O-].[Tc+7].[Tc+7]. The Labute approximate surface area is 253 Å². The topological polar surface area (TPSA) is 562 Å². The van der Waals surface area contributed by atoms with E-state index in [-0.39, 0.29) is 40.2 Å². The van der Waals surface area contributed by atoms with E-state index in [1.165, 1.54) is 0 Å². The molecule has 0 heterocycles. The van der Waals surface area contributed by atoms with Crippen LogP contribution in [0.1, 0.15) is 0 Å². The second-order valence-electron chi connectivity index (χ2n) is 2.86. The molecule has 0 rings (SSSR count). The summed E-state index contributed by atoms with van der Waals surface area (Å²) in [6, 6.07) is 0. The van der Waals surface area contributed by atoms with Crippen LogP contribution in [0.4, 0.5) is 0 Å². The predicted molar refractivity (Wildman–Crippen MR) is 9.61 cm³/mol. The molecule has 37 heteroatoms. The second kappa shape index (κ2) is 27.6. The Morgan fingerprint density at radius 2 is 0.189 bits per heavy atom. The molecule has 0 unspecified atom stereocenters. The van der Waals surface area contributed by atoms with E-state index in [1.54, 1.807) is 0 Å². The molecule has 0 saturated heterocycles. The zero-order valence-electron chi connectivity index (χ0n) is 15.0. The molecule has 224 valence electrons.